The normalized spacial score (nSPS) is 47.2. The molecule has 0 aromatic carbocycles. The first kappa shape index (κ1) is 14.3. The highest BCUT2D eigenvalue weighted by atomic mass is 16.5. The summed E-state index contributed by atoms with van der Waals surface area (Å²) in [5.41, 5.74) is 1.84. The van der Waals surface area contributed by atoms with Gasteiger partial charge in [-0.3, -0.25) is 0 Å². The van der Waals surface area contributed by atoms with Crippen LogP contribution in [-0.4, -0.2) is 32.3 Å². The zero-order valence-corrected chi connectivity index (χ0v) is 13.7. The van der Waals surface area contributed by atoms with Crippen molar-refractivity contribution in [3.8, 4) is 0 Å². The summed E-state index contributed by atoms with van der Waals surface area (Å²) in [6.45, 7) is 2.70. The molecule has 1 saturated carbocycles. The molecule has 2 heterocycles. The van der Waals surface area contributed by atoms with Crippen LogP contribution in [0.4, 0.5) is 0 Å². The lowest BCUT2D eigenvalue weighted by atomic mass is 9.66. The van der Waals surface area contributed by atoms with E-state index in [0.717, 1.165) is 17.8 Å². The molecule has 118 valence electrons. The number of rotatable bonds is 1. The molecule has 4 aliphatic rings. The molecule has 6 atom stereocenters. The molecule has 3 fully saturated rings. The molecule has 0 radical (unpaired) electrons. The smallest absolute Gasteiger partial charge is 0.0822 e. The van der Waals surface area contributed by atoms with Crippen LogP contribution in [0.5, 0.6) is 0 Å². The number of hydrogen-bond donors (Lipinski definition) is 1. The third-order valence-corrected chi connectivity index (χ3v) is 6.64. The number of piperidine rings is 1. The van der Waals surface area contributed by atoms with E-state index in [0.29, 0.717) is 12.2 Å². The van der Waals surface area contributed by atoms with Gasteiger partial charge >= 0.3 is 0 Å². The predicted molar refractivity (Wildman–Crippen MR) is 85.4 cm³/mol. The molecule has 0 bridgehead atoms. The van der Waals surface area contributed by atoms with E-state index in [1.807, 2.05) is 5.57 Å². The van der Waals surface area contributed by atoms with Crippen molar-refractivity contribution in [2.45, 2.75) is 70.0 Å². The monoisotopic (exact) mass is 290 g/mol. The van der Waals surface area contributed by atoms with Crippen LogP contribution >= 0.6 is 0 Å². The van der Waals surface area contributed by atoms with E-state index in [1.165, 1.54) is 70.9 Å². The van der Waals surface area contributed by atoms with Gasteiger partial charge in [-0.25, -0.2) is 0 Å². The molecule has 2 aliphatic carbocycles. The lowest BCUT2D eigenvalue weighted by Crippen LogP contribution is -3.11. The van der Waals surface area contributed by atoms with E-state index in [2.05, 4.69) is 13.1 Å². The number of allylic oxidation sites excluding steroid dienone is 1. The van der Waals surface area contributed by atoms with Crippen molar-refractivity contribution >= 4 is 0 Å². The Bertz CT molecular complexity index is 404. The van der Waals surface area contributed by atoms with E-state index in [-0.39, 0.29) is 0 Å². The highest BCUT2D eigenvalue weighted by Gasteiger charge is 2.46. The van der Waals surface area contributed by atoms with Crippen molar-refractivity contribution in [2.24, 2.45) is 17.8 Å². The Morgan fingerprint density at radius 1 is 1.00 bits per heavy atom. The predicted octanol–water partition coefficient (Wildman–Crippen LogP) is 2.60. The largest absolute Gasteiger partial charge is 0.373 e. The summed E-state index contributed by atoms with van der Waals surface area (Å²) in [6, 6.07) is 0. The van der Waals surface area contributed by atoms with Crippen LogP contribution in [0, 0.1) is 17.8 Å². The van der Waals surface area contributed by atoms with E-state index in [1.54, 1.807) is 4.90 Å². The van der Waals surface area contributed by atoms with E-state index >= 15 is 0 Å². The Morgan fingerprint density at radius 2 is 1.86 bits per heavy atom. The summed E-state index contributed by atoms with van der Waals surface area (Å²) in [7, 11) is 2.37. The van der Waals surface area contributed by atoms with Crippen LogP contribution in [0.3, 0.4) is 0 Å². The fourth-order valence-corrected chi connectivity index (χ4v) is 5.68. The van der Waals surface area contributed by atoms with Gasteiger partial charge in [0.15, 0.2) is 0 Å². The second kappa shape index (κ2) is 6.04. The molecular formula is C19H32NO+. The van der Waals surface area contributed by atoms with Crippen LogP contribution in [0.1, 0.15) is 57.8 Å². The third-order valence-electron chi connectivity index (χ3n) is 6.64. The van der Waals surface area contributed by atoms with Crippen molar-refractivity contribution in [1.82, 2.24) is 0 Å². The third kappa shape index (κ3) is 2.70. The molecule has 2 nitrogen and oxygen atoms in total. The molecule has 21 heavy (non-hydrogen) atoms. The number of ether oxygens (including phenoxy) is 1. The maximum absolute atomic E-state index is 6.79. The Kier molecular flexibility index (Phi) is 4.10. The van der Waals surface area contributed by atoms with Gasteiger partial charge in [-0.1, -0.05) is 24.5 Å². The number of quaternary nitrogens is 1. The average molecular weight is 290 g/mol. The first-order chi connectivity index (χ1) is 10.3. The average Bonchev–Trinajstić information content (AvgIpc) is 2.54. The summed E-state index contributed by atoms with van der Waals surface area (Å²) in [5.74, 6) is 2.37. The fraction of sp³-hybridized carbons (Fsp3) is 0.895. The maximum atomic E-state index is 6.79. The topological polar surface area (TPSA) is 13.7 Å². The number of likely N-dealkylation sites (tertiary alicyclic amines) is 1. The Balaban J connectivity index is 1.58. The van der Waals surface area contributed by atoms with Crippen molar-refractivity contribution < 1.29 is 9.64 Å². The standard InChI is InChI=1S/C19H31NO/c1-20-12-6-7-14(13-20)19-17-10-3-2-8-15(17)16-9-4-5-11-18(16)21-19/h8,14,16-19H,2-7,9-13H2,1H3/p+1/t14?,16-,17-,18+,19-/m1/s1. The Hall–Kier alpha value is -0.340. The van der Waals surface area contributed by atoms with Crippen molar-refractivity contribution in [1.29, 1.82) is 0 Å². The molecule has 0 aromatic rings. The molecular weight excluding hydrogens is 258 g/mol. The Morgan fingerprint density at radius 3 is 2.76 bits per heavy atom. The summed E-state index contributed by atoms with van der Waals surface area (Å²) < 4.78 is 6.79. The SMILES string of the molecule is C[NH+]1CCCC([C@H]2O[C@H]3CCCC[C@@H]3C3=CCCC[C@H]32)C1. The van der Waals surface area contributed by atoms with E-state index < -0.39 is 0 Å². The number of hydrogen-bond acceptors (Lipinski definition) is 1. The number of fused-ring (bicyclic) bond motifs is 3. The molecule has 2 unspecified atom stereocenters. The number of nitrogens with one attached hydrogen (secondary N) is 1. The zero-order valence-electron chi connectivity index (χ0n) is 13.7. The van der Waals surface area contributed by atoms with Gasteiger partial charge in [0.2, 0.25) is 0 Å². The quantitative estimate of drug-likeness (QED) is 0.733. The minimum absolute atomic E-state index is 0.547. The maximum Gasteiger partial charge on any atom is 0.0822 e. The first-order valence-electron chi connectivity index (χ1n) is 9.49. The van der Waals surface area contributed by atoms with Crippen LogP contribution in [0.2, 0.25) is 0 Å². The van der Waals surface area contributed by atoms with Crippen molar-refractivity contribution in [3.63, 3.8) is 0 Å². The summed E-state index contributed by atoms with van der Waals surface area (Å²) in [5, 5.41) is 0. The Labute approximate surface area is 129 Å². The minimum Gasteiger partial charge on any atom is -0.373 e. The molecule has 4 rings (SSSR count). The van der Waals surface area contributed by atoms with Gasteiger partial charge in [-0.05, 0) is 44.9 Å². The van der Waals surface area contributed by atoms with Gasteiger partial charge in [0.05, 0.1) is 32.3 Å². The van der Waals surface area contributed by atoms with E-state index in [9.17, 15) is 0 Å². The van der Waals surface area contributed by atoms with Crippen LogP contribution < -0.4 is 4.90 Å². The molecule has 0 aromatic heterocycles. The van der Waals surface area contributed by atoms with Crippen LogP contribution in [-0.2, 0) is 4.74 Å². The van der Waals surface area contributed by atoms with Gasteiger partial charge in [0.25, 0.3) is 0 Å². The summed E-state index contributed by atoms with van der Waals surface area (Å²) >= 11 is 0. The van der Waals surface area contributed by atoms with Crippen molar-refractivity contribution in [2.75, 3.05) is 20.1 Å². The van der Waals surface area contributed by atoms with Gasteiger partial charge in [-0.2, -0.15) is 0 Å². The second-order valence-corrected chi connectivity index (χ2v) is 8.09. The molecule has 0 amide bonds. The van der Waals surface area contributed by atoms with Gasteiger partial charge in [-0.15, -0.1) is 0 Å². The van der Waals surface area contributed by atoms with Gasteiger partial charge in [0.1, 0.15) is 0 Å². The highest BCUT2D eigenvalue weighted by Crippen LogP contribution is 2.48. The highest BCUT2D eigenvalue weighted by molar-refractivity contribution is 5.21. The van der Waals surface area contributed by atoms with Crippen molar-refractivity contribution in [3.05, 3.63) is 11.6 Å². The zero-order chi connectivity index (χ0) is 14.2. The van der Waals surface area contributed by atoms with Gasteiger partial charge < -0.3 is 9.64 Å². The summed E-state index contributed by atoms with van der Waals surface area (Å²) in [4.78, 5) is 1.72. The molecule has 1 N–H and O–H groups in total. The molecule has 0 spiro atoms. The molecule has 2 heteroatoms. The first-order valence-corrected chi connectivity index (χ1v) is 9.49. The van der Waals surface area contributed by atoms with E-state index in [4.69, 9.17) is 4.74 Å². The fourth-order valence-electron chi connectivity index (χ4n) is 5.68. The summed E-state index contributed by atoms with van der Waals surface area (Å²) in [6.07, 6.45) is 16.2. The lowest BCUT2D eigenvalue weighted by Gasteiger charge is -2.50. The molecule has 2 saturated heterocycles. The lowest BCUT2D eigenvalue weighted by molar-refractivity contribution is -0.889. The van der Waals surface area contributed by atoms with Crippen LogP contribution in [0.15, 0.2) is 11.6 Å². The minimum atomic E-state index is 0.547. The van der Waals surface area contributed by atoms with Crippen LogP contribution in [0.25, 0.3) is 0 Å². The van der Waals surface area contributed by atoms with Gasteiger partial charge in [0, 0.05) is 17.8 Å². The second-order valence-electron chi connectivity index (χ2n) is 8.09. The molecule has 2 aliphatic heterocycles.